The lowest BCUT2D eigenvalue weighted by molar-refractivity contribution is -0.140. The lowest BCUT2D eigenvalue weighted by atomic mass is 10.0. The molecule has 9 heteroatoms. The van der Waals surface area contributed by atoms with E-state index in [1.807, 2.05) is 87.5 Å². The van der Waals surface area contributed by atoms with Gasteiger partial charge < -0.3 is 10.2 Å². The minimum Gasteiger partial charge on any atom is -0.355 e. The van der Waals surface area contributed by atoms with Gasteiger partial charge in [0.2, 0.25) is 21.8 Å². The van der Waals surface area contributed by atoms with Crippen molar-refractivity contribution in [3.05, 3.63) is 99.5 Å². The van der Waals surface area contributed by atoms with Crippen molar-refractivity contribution in [2.24, 2.45) is 0 Å². The van der Waals surface area contributed by atoms with Crippen molar-refractivity contribution in [1.82, 2.24) is 10.2 Å². The molecule has 0 spiro atoms. The number of nitrogens with one attached hydrogen (secondary N) is 1. The van der Waals surface area contributed by atoms with Crippen molar-refractivity contribution < 1.29 is 18.0 Å². The van der Waals surface area contributed by atoms with Crippen LogP contribution in [0.2, 0.25) is 0 Å². The number of aryl methyl sites for hydroxylation is 2. The quantitative estimate of drug-likeness (QED) is 0.349. The molecule has 7 nitrogen and oxygen atoms in total. The molecule has 2 amide bonds. The van der Waals surface area contributed by atoms with E-state index in [9.17, 15) is 18.0 Å². The van der Waals surface area contributed by atoms with Crippen molar-refractivity contribution in [3.8, 4) is 0 Å². The summed E-state index contributed by atoms with van der Waals surface area (Å²) in [5, 5.41) is 2.86. The van der Waals surface area contributed by atoms with Gasteiger partial charge in [-0.25, -0.2) is 8.42 Å². The van der Waals surface area contributed by atoms with Gasteiger partial charge >= 0.3 is 0 Å². The minimum atomic E-state index is -3.80. The number of hydrogen-bond donors (Lipinski definition) is 1. The van der Waals surface area contributed by atoms with Crippen molar-refractivity contribution in [2.75, 3.05) is 23.7 Å². The molecule has 0 saturated carbocycles. The second-order valence-corrected chi connectivity index (χ2v) is 12.1. The fourth-order valence-electron chi connectivity index (χ4n) is 4.22. The van der Waals surface area contributed by atoms with Gasteiger partial charge in [0.25, 0.3) is 0 Å². The van der Waals surface area contributed by atoms with Crippen LogP contribution in [0.25, 0.3) is 0 Å². The van der Waals surface area contributed by atoms with E-state index in [2.05, 4.69) is 21.2 Å². The van der Waals surface area contributed by atoms with E-state index < -0.39 is 28.5 Å². The number of benzene rings is 3. The molecule has 3 aromatic rings. The predicted octanol–water partition coefficient (Wildman–Crippen LogP) is 4.61. The third-order valence-corrected chi connectivity index (χ3v) is 7.86. The fraction of sp³-hybridized carbons (Fsp3) is 0.310. The molecule has 0 aliphatic heterocycles. The first-order valence-electron chi connectivity index (χ1n) is 12.4. The van der Waals surface area contributed by atoms with Gasteiger partial charge in [-0.1, -0.05) is 70.5 Å². The number of halogens is 1. The normalized spacial score (nSPS) is 12.0. The Bertz CT molecular complexity index is 1360. The van der Waals surface area contributed by atoms with Gasteiger partial charge in [-0.15, -0.1) is 0 Å². The maximum atomic E-state index is 14.0. The number of carbonyl (C=O) groups excluding carboxylic acids is 2. The maximum absolute atomic E-state index is 14.0. The zero-order valence-electron chi connectivity index (χ0n) is 22.1. The van der Waals surface area contributed by atoms with Crippen LogP contribution in [0.15, 0.2) is 77.3 Å². The zero-order valence-corrected chi connectivity index (χ0v) is 24.6. The molecule has 3 rings (SSSR count). The van der Waals surface area contributed by atoms with Gasteiger partial charge in [0.1, 0.15) is 12.6 Å². The van der Waals surface area contributed by atoms with Gasteiger partial charge in [-0.2, -0.15) is 0 Å². The summed E-state index contributed by atoms with van der Waals surface area (Å²) >= 11 is 3.43. The Morgan fingerprint density at radius 3 is 2.21 bits per heavy atom. The average molecular weight is 601 g/mol. The third-order valence-electron chi connectivity index (χ3n) is 6.20. The summed E-state index contributed by atoms with van der Waals surface area (Å²) in [6.45, 7) is 5.63. The van der Waals surface area contributed by atoms with Crippen LogP contribution >= 0.6 is 15.9 Å². The number of carbonyl (C=O) groups is 2. The molecule has 1 N–H and O–H groups in total. The first-order valence-corrected chi connectivity index (χ1v) is 15.0. The highest BCUT2D eigenvalue weighted by Crippen LogP contribution is 2.25. The molecule has 0 aliphatic carbocycles. The van der Waals surface area contributed by atoms with E-state index in [0.717, 1.165) is 37.3 Å². The molecule has 0 fully saturated rings. The van der Waals surface area contributed by atoms with E-state index in [-0.39, 0.29) is 18.9 Å². The molecule has 202 valence electrons. The van der Waals surface area contributed by atoms with E-state index in [1.165, 1.54) is 4.90 Å². The lowest BCUT2D eigenvalue weighted by Gasteiger charge is -2.33. The van der Waals surface area contributed by atoms with Crippen LogP contribution in [0.3, 0.4) is 0 Å². The lowest BCUT2D eigenvalue weighted by Crippen LogP contribution is -2.53. The summed E-state index contributed by atoms with van der Waals surface area (Å²) in [6.07, 6.45) is 1.38. The van der Waals surface area contributed by atoms with Gasteiger partial charge in [0.05, 0.1) is 11.9 Å². The molecule has 0 saturated heterocycles. The molecule has 0 heterocycles. The van der Waals surface area contributed by atoms with Crippen molar-refractivity contribution in [2.45, 2.75) is 39.8 Å². The number of rotatable bonds is 11. The van der Waals surface area contributed by atoms with Crippen LogP contribution in [-0.4, -0.2) is 50.5 Å². The van der Waals surface area contributed by atoms with E-state index in [1.54, 1.807) is 6.07 Å². The first-order chi connectivity index (χ1) is 18.0. The third kappa shape index (κ3) is 7.91. The second kappa shape index (κ2) is 13.1. The molecule has 0 radical (unpaired) electrons. The van der Waals surface area contributed by atoms with Crippen LogP contribution in [-0.2, 0) is 32.6 Å². The van der Waals surface area contributed by atoms with E-state index >= 15 is 0 Å². The molecule has 0 bridgehead atoms. The summed E-state index contributed by atoms with van der Waals surface area (Å²) in [5.74, 6) is -0.758. The van der Waals surface area contributed by atoms with Crippen LogP contribution in [0.5, 0.6) is 0 Å². The summed E-state index contributed by atoms with van der Waals surface area (Å²) in [6, 6.07) is 21.6. The Labute approximate surface area is 234 Å². The Kier molecular flexibility index (Phi) is 10.1. The average Bonchev–Trinajstić information content (AvgIpc) is 2.87. The Hall–Kier alpha value is -3.17. The number of likely N-dealkylation sites (N-methyl/N-ethyl adjacent to an activating group) is 1. The molecule has 1 unspecified atom stereocenters. The van der Waals surface area contributed by atoms with Crippen LogP contribution in [0.4, 0.5) is 5.69 Å². The molecule has 1 atom stereocenters. The highest BCUT2D eigenvalue weighted by molar-refractivity contribution is 9.10. The summed E-state index contributed by atoms with van der Waals surface area (Å²) in [5.41, 5.74) is 3.77. The molecule has 0 aliphatic rings. The topological polar surface area (TPSA) is 86.8 Å². The van der Waals surface area contributed by atoms with E-state index in [0.29, 0.717) is 12.2 Å². The SMILES string of the molecule is CCNC(=O)C(Cc1ccccc1)N(Cc1ccc(Br)cc1)C(=O)CN(c1cc(C)ccc1C)S(C)(=O)=O. The van der Waals surface area contributed by atoms with Crippen molar-refractivity contribution in [1.29, 1.82) is 0 Å². The summed E-state index contributed by atoms with van der Waals surface area (Å²) < 4.78 is 27.9. The van der Waals surface area contributed by atoms with Crippen LogP contribution in [0.1, 0.15) is 29.2 Å². The second-order valence-electron chi connectivity index (χ2n) is 9.31. The van der Waals surface area contributed by atoms with Gasteiger partial charge in [-0.3, -0.25) is 13.9 Å². The number of amides is 2. The highest BCUT2D eigenvalue weighted by atomic mass is 79.9. The first kappa shape index (κ1) is 29.4. The van der Waals surface area contributed by atoms with Crippen molar-refractivity contribution >= 4 is 43.5 Å². The Morgan fingerprint density at radius 2 is 1.61 bits per heavy atom. The van der Waals surface area contributed by atoms with Gasteiger partial charge in [0.15, 0.2) is 0 Å². The molecular formula is C29H34BrN3O4S. The summed E-state index contributed by atoms with van der Waals surface area (Å²) in [7, 11) is -3.80. The smallest absolute Gasteiger partial charge is 0.244 e. The standard InChI is InChI=1S/C29H34BrN3O4S/c1-5-31-29(35)27(18-23-9-7-6-8-10-23)32(19-24-13-15-25(30)16-14-24)28(34)20-33(38(4,36)37)26-17-21(2)11-12-22(26)3/h6-17,27H,5,18-20H2,1-4H3,(H,31,35). The van der Waals surface area contributed by atoms with Crippen molar-refractivity contribution in [3.63, 3.8) is 0 Å². The number of nitrogens with zero attached hydrogens (tertiary/aromatic N) is 2. The zero-order chi connectivity index (χ0) is 27.9. The van der Waals surface area contributed by atoms with Crippen LogP contribution in [0, 0.1) is 13.8 Å². The number of anilines is 1. The molecule has 0 aromatic heterocycles. The minimum absolute atomic E-state index is 0.144. The van der Waals surface area contributed by atoms with E-state index in [4.69, 9.17) is 0 Å². The largest absolute Gasteiger partial charge is 0.355 e. The maximum Gasteiger partial charge on any atom is 0.244 e. The monoisotopic (exact) mass is 599 g/mol. The highest BCUT2D eigenvalue weighted by Gasteiger charge is 2.33. The van der Waals surface area contributed by atoms with Gasteiger partial charge in [0, 0.05) is 24.0 Å². The molecular weight excluding hydrogens is 566 g/mol. The Balaban J connectivity index is 2.06. The predicted molar refractivity (Wildman–Crippen MR) is 155 cm³/mol. The molecule has 38 heavy (non-hydrogen) atoms. The molecule has 3 aromatic carbocycles. The number of hydrogen-bond acceptors (Lipinski definition) is 4. The Morgan fingerprint density at radius 1 is 0.947 bits per heavy atom. The van der Waals surface area contributed by atoms with Gasteiger partial charge in [-0.05, 0) is 61.2 Å². The fourth-order valence-corrected chi connectivity index (χ4v) is 5.38. The number of sulfonamides is 1. The summed E-state index contributed by atoms with van der Waals surface area (Å²) in [4.78, 5) is 28.8. The van der Waals surface area contributed by atoms with Crippen LogP contribution < -0.4 is 9.62 Å².